The highest BCUT2D eigenvalue weighted by Crippen LogP contribution is 2.73. The van der Waals surface area contributed by atoms with Gasteiger partial charge in [-0.05, 0) is 37.8 Å². The van der Waals surface area contributed by atoms with Crippen molar-refractivity contribution in [1.82, 2.24) is 5.32 Å². The first-order chi connectivity index (χ1) is 10.5. The molecular formula is C19H29NO2. The Morgan fingerprint density at radius 3 is 2.59 bits per heavy atom. The van der Waals surface area contributed by atoms with Gasteiger partial charge >= 0.3 is 0 Å². The molecule has 2 aliphatic rings. The van der Waals surface area contributed by atoms with Gasteiger partial charge in [0, 0.05) is 24.0 Å². The molecule has 2 saturated carbocycles. The van der Waals surface area contributed by atoms with Crippen LogP contribution in [0.25, 0.3) is 0 Å². The molecule has 3 rings (SSSR count). The zero-order valence-corrected chi connectivity index (χ0v) is 14.1. The van der Waals surface area contributed by atoms with Crippen molar-refractivity contribution in [2.45, 2.75) is 38.7 Å². The van der Waals surface area contributed by atoms with Crippen LogP contribution in [0.3, 0.4) is 0 Å². The Balaban J connectivity index is 2.05. The first-order valence-corrected chi connectivity index (χ1v) is 8.49. The zero-order valence-electron chi connectivity index (χ0n) is 14.1. The SMILES string of the molecule is CNCCO[C@]1(c2ccccc2)CC2CC[C@]1(C)[C@]2(C)CO. The van der Waals surface area contributed by atoms with E-state index >= 15 is 0 Å². The highest BCUT2D eigenvalue weighted by atomic mass is 16.5. The summed E-state index contributed by atoms with van der Waals surface area (Å²) in [5.41, 5.74) is 0.929. The molecule has 1 aromatic carbocycles. The van der Waals surface area contributed by atoms with Gasteiger partial charge in [-0.2, -0.15) is 0 Å². The fourth-order valence-corrected chi connectivity index (χ4v) is 5.16. The number of ether oxygens (including phenoxy) is 1. The van der Waals surface area contributed by atoms with Gasteiger partial charge in [-0.1, -0.05) is 44.2 Å². The third-order valence-electron chi connectivity index (χ3n) is 6.85. The number of benzene rings is 1. The van der Waals surface area contributed by atoms with E-state index in [9.17, 15) is 5.11 Å². The van der Waals surface area contributed by atoms with Crippen LogP contribution in [-0.4, -0.2) is 31.9 Å². The summed E-state index contributed by atoms with van der Waals surface area (Å²) in [4.78, 5) is 0. The van der Waals surface area contributed by atoms with Crippen molar-refractivity contribution in [3.8, 4) is 0 Å². The second kappa shape index (κ2) is 5.63. The van der Waals surface area contributed by atoms with E-state index < -0.39 is 0 Å². The largest absolute Gasteiger partial charge is 0.396 e. The summed E-state index contributed by atoms with van der Waals surface area (Å²) in [7, 11) is 1.96. The number of hydrogen-bond donors (Lipinski definition) is 2. The quantitative estimate of drug-likeness (QED) is 0.794. The second-order valence-electron chi connectivity index (χ2n) is 7.49. The molecule has 22 heavy (non-hydrogen) atoms. The summed E-state index contributed by atoms with van der Waals surface area (Å²) < 4.78 is 6.58. The van der Waals surface area contributed by atoms with Crippen molar-refractivity contribution >= 4 is 0 Å². The summed E-state index contributed by atoms with van der Waals surface area (Å²) in [6.07, 6.45) is 3.36. The van der Waals surface area contributed by atoms with E-state index in [1.807, 2.05) is 7.05 Å². The first-order valence-electron chi connectivity index (χ1n) is 8.49. The van der Waals surface area contributed by atoms with E-state index in [4.69, 9.17) is 4.74 Å². The Morgan fingerprint density at radius 1 is 1.27 bits per heavy atom. The molecule has 122 valence electrons. The third kappa shape index (κ3) is 1.92. The van der Waals surface area contributed by atoms with E-state index in [1.54, 1.807) is 0 Å². The Hall–Kier alpha value is -0.900. The minimum Gasteiger partial charge on any atom is -0.396 e. The number of aliphatic hydroxyl groups is 1. The Kier molecular flexibility index (Phi) is 4.09. The number of nitrogens with one attached hydrogen (secondary N) is 1. The molecule has 2 N–H and O–H groups in total. The van der Waals surface area contributed by atoms with Gasteiger partial charge in [0.1, 0.15) is 0 Å². The maximum absolute atomic E-state index is 10.2. The maximum Gasteiger partial charge on any atom is 0.0994 e. The lowest BCUT2D eigenvalue weighted by molar-refractivity contribution is -0.152. The summed E-state index contributed by atoms with van der Waals surface area (Å²) in [5, 5.41) is 13.3. The number of hydrogen-bond acceptors (Lipinski definition) is 3. The summed E-state index contributed by atoms with van der Waals surface area (Å²) in [6, 6.07) is 10.7. The third-order valence-corrected chi connectivity index (χ3v) is 6.85. The average Bonchev–Trinajstić information content (AvgIpc) is 2.91. The lowest BCUT2D eigenvalue weighted by Gasteiger charge is -2.49. The van der Waals surface area contributed by atoms with Crippen LogP contribution in [0.1, 0.15) is 38.7 Å². The molecule has 0 heterocycles. The molecule has 0 spiro atoms. The minimum absolute atomic E-state index is 0.0193. The molecule has 1 aromatic rings. The molecule has 0 radical (unpaired) electrons. The van der Waals surface area contributed by atoms with Crippen molar-refractivity contribution in [2.24, 2.45) is 16.7 Å². The molecule has 3 heteroatoms. The Labute approximate surface area is 134 Å². The van der Waals surface area contributed by atoms with Gasteiger partial charge in [-0.3, -0.25) is 0 Å². The van der Waals surface area contributed by atoms with Crippen LogP contribution >= 0.6 is 0 Å². The highest BCUT2D eigenvalue weighted by molar-refractivity contribution is 5.33. The minimum atomic E-state index is -0.272. The van der Waals surface area contributed by atoms with Crippen LogP contribution in [0.2, 0.25) is 0 Å². The van der Waals surface area contributed by atoms with Gasteiger partial charge in [-0.25, -0.2) is 0 Å². The second-order valence-corrected chi connectivity index (χ2v) is 7.49. The Morgan fingerprint density at radius 2 is 2.00 bits per heavy atom. The molecule has 2 fully saturated rings. The smallest absolute Gasteiger partial charge is 0.0994 e. The molecule has 1 unspecified atom stereocenters. The molecule has 0 saturated heterocycles. The predicted molar refractivity (Wildman–Crippen MR) is 88.6 cm³/mol. The average molecular weight is 303 g/mol. The number of fused-ring (bicyclic) bond motifs is 2. The van der Waals surface area contributed by atoms with E-state index in [1.165, 1.54) is 12.0 Å². The lowest BCUT2D eigenvalue weighted by Crippen LogP contribution is -2.49. The van der Waals surface area contributed by atoms with Gasteiger partial charge in [0.05, 0.1) is 12.2 Å². The van der Waals surface area contributed by atoms with Crippen LogP contribution in [0.15, 0.2) is 30.3 Å². The molecular weight excluding hydrogens is 274 g/mol. The van der Waals surface area contributed by atoms with Crippen LogP contribution in [0, 0.1) is 16.7 Å². The van der Waals surface area contributed by atoms with Crippen LogP contribution in [0.5, 0.6) is 0 Å². The molecule has 0 aromatic heterocycles. The molecule has 3 nitrogen and oxygen atoms in total. The molecule has 4 atom stereocenters. The van der Waals surface area contributed by atoms with E-state index in [-0.39, 0.29) is 23.0 Å². The zero-order chi connectivity index (χ0) is 15.8. The van der Waals surface area contributed by atoms with Gasteiger partial charge in [0.2, 0.25) is 0 Å². The fourth-order valence-electron chi connectivity index (χ4n) is 5.16. The molecule has 2 bridgehead atoms. The standard InChI is InChI=1S/C19H29NO2/c1-17(14-21)16-9-10-18(17,2)19(13-16,22-12-11-20-3)15-7-5-4-6-8-15/h4-8,16,20-21H,9-14H2,1-3H3/t16?,17-,18-,19+/m1/s1. The predicted octanol–water partition coefficient (Wildman–Crippen LogP) is 2.94. The normalized spacial score (nSPS) is 40.3. The highest BCUT2D eigenvalue weighted by Gasteiger charge is 2.71. The Bertz CT molecular complexity index is 519. The van der Waals surface area contributed by atoms with Gasteiger partial charge < -0.3 is 15.2 Å². The van der Waals surface area contributed by atoms with Crippen LogP contribution < -0.4 is 5.32 Å². The van der Waals surface area contributed by atoms with Crippen molar-refractivity contribution < 1.29 is 9.84 Å². The number of aliphatic hydroxyl groups excluding tert-OH is 1. The van der Waals surface area contributed by atoms with Crippen LogP contribution in [0.4, 0.5) is 0 Å². The molecule has 0 amide bonds. The number of likely N-dealkylation sites (N-methyl/N-ethyl adjacent to an activating group) is 1. The lowest BCUT2D eigenvalue weighted by atomic mass is 9.61. The van der Waals surface area contributed by atoms with Gasteiger partial charge in [-0.15, -0.1) is 0 Å². The van der Waals surface area contributed by atoms with Crippen molar-refractivity contribution in [1.29, 1.82) is 0 Å². The van der Waals surface area contributed by atoms with Crippen molar-refractivity contribution in [2.75, 3.05) is 26.8 Å². The van der Waals surface area contributed by atoms with E-state index in [0.29, 0.717) is 12.5 Å². The topological polar surface area (TPSA) is 41.5 Å². The van der Waals surface area contributed by atoms with Crippen LogP contribution in [-0.2, 0) is 10.3 Å². The summed E-state index contributed by atoms with van der Waals surface area (Å²) in [5.74, 6) is 0.539. The first kappa shape index (κ1) is 16.0. The van der Waals surface area contributed by atoms with E-state index in [2.05, 4.69) is 49.5 Å². The summed E-state index contributed by atoms with van der Waals surface area (Å²) >= 11 is 0. The molecule has 0 aliphatic heterocycles. The van der Waals surface area contributed by atoms with Gasteiger partial charge in [0.15, 0.2) is 0 Å². The monoisotopic (exact) mass is 303 g/mol. The summed E-state index contributed by atoms with van der Waals surface area (Å²) in [6.45, 7) is 6.40. The van der Waals surface area contributed by atoms with E-state index in [0.717, 1.165) is 19.4 Å². The molecule has 2 aliphatic carbocycles. The maximum atomic E-state index is 10.2. The van der Waals surface area contributed by atoms with Crippen molar-refractivity contribution in [3.63, 3.8) is 0 Å². The fraction of sp³-hybridized carbons (Fsp3) is 0.684. The number of rotatable bonds is 6. The van der Waals surface area contributed by atoms with Crippen molar-refractivity contribution in [3.05, 3.63) is 35.9 Å². The van der Waals surface area contributed by atoms with Gasteiger partial charge in [0.25, 0.3) is 0 Å².